The van der Waals surface area contributed by atoms with E-state index in [1.807, 2.05) is 11.0 Å². The lowest BCUT2D eigenvalue weighted by Crippen LogP contribution is -2.53. The van der Waals surface area contributed by atoms with Gasteiger partial charge in [0.05, 0.1) is 5.56 Å². The molecule has 0 saturated carbocycles. The summed E-state index contributed by atoms with van der Waals surface area (Å²) < 4.78 is 6.28. The number of piperidine rings is 1. The zero-order valence-electron chi connectivity index (χ0n) is 14.0. The van der Waals surface area contributed by atoms with Crippen LogP contribution in [0.2, 0.25) is 0 Å². The van der Waals surface area contributed by atoms with E-state index >= 15 is 0 Å². The van der Waals surface area contributed by atoms with Gasteiger partial charge >= 0.3 is 6.03 Å². The number of amides is 3. The van der Waals surface area contributed by atoms with Gasteiger partial charge in [0, 0.05) is 40.0 Å². The van der Waals surface area contributed by atoms with Crippen LogP contribution in [0.1, 0.15) is 35.2 Å². The zero-order valence-corrected chi connectivity index (χ0v) is 14.0. The van der Waals surface area contributed by atoms with Gasteiger partial charge in [-0.1, -0.05) is 12.1 Å². The quantitative estimate of drug-likeness (QED) is 0.605. The molecule has 2 heterocycles. The lowest BCUT2D eigenvalue weighted by atomic mass is 9.82. The molecule has 1 aromatic rings. The van der Waals surface area contributed by atoms with Gasteiger partial charge in [-0.15, -0.1) is 0 Å². The van der Waals surface area contributed by atoms with Crippen LogP contribution in [0.4, 0.5) is 4.79 Å². The van der Waals surface area contributed by atoms with Crippen molar-refractivity contribution < 1.29 is 19.5 Å². The molecule has 1 fully saturated rings. The molecule has 24 heavy (non-hydrogen) atoms. The second-order valence-electron chi connectivity index (χ2n) is 6.68. The van der Waals surface area contributed by atoms with Gasteiger partial charge < -0.3 is 14.5 Å². The third kappa shape index (κ3) is 2.91. The number of carbonyl (C=O) groups is 2. The van der Waals surface area contributed by atoms with Crippen LogP contribution >= 0.6 is 0 Å². The van der Waals surface area contributed by atoms with Crippen LogP contribution in [0.5, 0.6) is 5.75 Å². The van der Waals surface area contributed by atoms with Crippen molar-refractivity contribution in [2.75, 3.05) is 27.2 Å². The number of benzene rings is 1. The maximum atomic E-state index is 12.1. The number of fused-ring (bicyclic) bond motifs is 1. The Morgan fingerprint density at radius 3 is 2.58 bits per heavy atom. The van der Waals surface area contributed by atoms with Crippen molar-refractivity contribution in [3.8, 4) is 5.75 Å². The van der Waals surface area contributed by atoms with Gasteiger partial charge in [-0.05, 0) is 24.5 Å². The molecule has 130 valence electrons. The Balaban J connectivity index is 1.78. The average molecular weight is 333 g/mol. The SMILES string of the molecule is CN(C)C(=O)N1CCC2(CCc3cccc(C(=O)NO)c3O2)CC1. The Morgan fingerprint density at radius 1 is 1.25 bits per heavy atom. The average Bonchev–Trinajstić information content (AvgIpc) is 2.60. The largest absolute Gasteiger partial charge is 0.486 e. The van der Waals surface area contributed by atoms with E-state index in [1.54, 1.807) is 36.6 Å². The predicted octanol–water partition coefficient (Wildman–Crippen LogP) is 1.65. The Morgan fingerprint density at radius 2 is 1.96 bits per heavy atom. The summed E-state index contributed by atoms with van der Waals surface area (Å²) >= 11 is 0. The van der Waals surface area contributed by atoms with Gasteiger partial charge in [-0.3, -0.25) is 10.0 Å². The predicted molar refractivity (Wildman–Crippen MR) is 87.3 cm³/mol. The standard InChI is InChI=1S/C17H23N3O4/c1-19(2)16(22)20-10-8-17(9-11-20)7-6-12-4-3-5-13(14(12)24-17)15(21)18-23/h3-5,23H,6-11H2,1-2H3,(H,18,21). The van der Waals surface area contributed by atoms with E-state index in [0.717, 1.165) is 31.2 Å². The summed E-state index contributed by atoms with van der Waals surface area (Å²) in [6, 6.07) is 5.40. The molecule has 1 aromatic carbocycles. The lowest BCUT2D eigenvalue weighted by molar-refractivity contribution is -0.00849. The van der Waals surface area contributed by atoms with Crippen LogP contribution in [-0.2, 0) is 6.42 Å². The van der Waals surface area contributed by atoms with Crippen molar-refractivity contribution in [2.45, 2.75) is 31.3 Å². The number of rotatable bonds is 1. The minimum atomic E-state index is -0.566. The summed E-state index contributed by atoms with van der Waals surface area (Å²) in [6.07, 6.45) is 3.17. The van der Waals surface area contributed by atoms with Crippen LogP contribution in [0.15, 0.2) is 18.2 Å². The highest BCUT2D eigenvalue weighted by atomic mass is 16.5. The number of likely N-dealkylation sites (tertiary alicyclic amines) is 1. The number of hydrogen-bond donors (Lipinski definition) is 2. The highest BCUT2D eigenvalue weighted by molar-refractivity contribution is 5.96. The molecule has 7 heteroatoms. The van der Waals surface area contributed by atoms with Crippen LogP contribution < -0.4 is 10.2 Å². The van der Waals surface area contributed by atoms with Crippen LogP contribution in [0, 0.1) is 0 Å². The normalized spacial score (nSPS) is 18.5. The summed E-state index contributed by atoms with van der Waals surface area (Å²) in [4.78, 5) is 27.4. The molecule has 7 nitrogen and oxygen atoms in total. The number of aryl methyl sites for hydroxylation is 1. The Hall–Kier alpha value is -2.28. The Labute approximate surface area is 141 Å². The number of carbonyl (C=O) groups excluding carboxylic acids is 2. The molecular formula is C17H23N3O4. The highest BCUT2D eigenvalue weighted by Crippen LogP contribution is 2.41. The van der Waals surface area contributed by atoms with Gasteiger partial charge in [0.1, 0.15) is 11.4 Å². The van der Waals surface area contributed by atoms with Gasteiger partial charge in [0.2, 0.25) is 0 Å². The summed E-state index contributed by atoms with van der Waals surface area (Å²) in [7, 11) is 3.50. The first-order valence-electron chi connectivity index (χ1n) is 8.17. The highest BCUT2D eigenvalue weighted by Gasteiger charge is 2.41. The first-order valence-corrected chi connectivity index (χ1v) is 8.17. The van der Waals surface area contributed by atoms with E-state index in [2.05, 4.69) is 0 Å². The monoisotopic (exact) mass is 333 g/mol. The maximum absolute atomic E-state index is 12.1. The molecule has 2 aliphatic heterocycles. The minimum absolute atomic E-state index is 0.0152. The summed E-state index contributed by atoms with van der Waals surface area (Å²) in [6.45, 7) is 1.28. The van der Waals surface area contributed by atoms with E-state index in [-0.39, 0.29) is 11.6 Å². The first-order chi connectivity index (χ1) is 11.5. The van der Waals surface area contributed by atoms with Crippen molar-refractivity contribution in [3.63, 3.8) is 0 Å². The third-order valence-electron chi connectivity index (χ3n) is 4.94. The molecule has 2 N–H and O–H groups in total. The molecular weight excluding hydrogens is 310 g/mol. The molecule has 3 amide bonds. The van der Waals surface area contributed by atoms with Crippen LogP contribution in [-0.4, -0.2) is 59.7 Å². The number of ether oxygens (including phenoxy) is 1. The van der Waals surface area contributed by atoms with Crippen molar-refractivity contribution in [1.29, 1.82) is 0 Å². The molecule has 0 radical (unpaired) electrons. The van der Waals surface area contributed by atoms with Gasteiger partial charge in [0.15, 0.2) is 0 Å². The van der Waals surface area contributed by atoms with E-state index in [4.69, 9.17) is 9.94 Å². The number of hydrogen-bond acceptors (Lipinski definition) is 4. The molecule has 0 aromatic heterocycles. The number of hydroxylamine groups is 1. The molecule has 1 spiro atoms. The lowest BCUT2D eigenvalue weighted by Gasteiger charge is -2.45. The fourth-order valence-corrected chi connectivity index (χ4v) is 3.51. The maximum Gasteiger partial charge on any atom is 0.319 e. The molecule has 1 saturated heterocycles. The van der Waals surface area contributed by atoms with E-state index in [0.29, 0.717) is 24.4 Å². The third-order valence-corrected chi connectivity index (χ3v) is 4.94. The molecule has 0 aliphatic carbocycles. The van der Waals surface area contributed by atoms with E-state index < -0.39 is 5.91 Å². The van der Waals surface area contributed by atoms with Crippen molar-refractivity contribution >= 4 is 11.9 Å². The minimum Gasteiger partial charge on any atom is -0.486 e. The zero-order chi connectivity index (χ0) is 17.3. The van der Waals surface area contributed by atoms with Gasteiger partial charge in [-0.2, -0.15) is 0 Å². The Bertz CT molecular complexity index is 651. The number of nitrogens with zero attached hydrogens (tertiary/aromatic N) is 2. The van der Waals surface area contributed by atoms with Crippen LogP contribution in [0.25, 0.3) is 0 Å². The molecule has 0 unspecified atom stereocenters. The summed E-state index contributed by atoms with van der Waals surface area (Å²) in [5, 5.41) is 8.94. The first kappa shape index (κ1) is 16.6. The van der Waals surface area contributed by atoms with Crippen molar-refractivity contribution in [1.82, 2.24) is 15.3 Å². The second-order valence-corrected chi connectivity index (χ2v) is 6.68. The number of nitrogens with one attached hydrogen (secondary N) is 1. The van der Waals surface area contributed by atoms with Crippen molar-refractivity contribution in [2.24, 2.45) is 0 Å². The fourth-order valence-electron chi connectivity index (χ4n) is 3.51. The molecule has 2 aliphatic rings. The van der Waals surface area contributed by atoms with E-state index in [9.17, 15) is 9.59 Å². The molecule has 0 bridgehead atoms. The Kier molecular flexibility index (Phi) is 4.36. The van der Waals surface area contributed by atoms with Gasteiger partial charge in [-0.25, -0.2) is 10.3 Å². The van der Waals surface area contributed by atoms with E-state index in [1.165, 1.54) is 0 Å². The summed E-state index contributed by atoms with van der Waals surface area (Å²) in [5.41, 5.74) is 2.66. The van der Waals surface area contributed by atoms with Crippen LogP contribution in [0.3, 0.4) is 0 Å². The second kappa shape index (κ2) is 6.32. The molecule has 3 rings (SSSR count). The number of urea groups is 1. The molecule has 0 atom stereocenters. The van der Waals surface area contributed by atoms with Gasteiger partial charge in [0.25, 0.3) is 5.91 Å². The van der Waals surface area contributed by atoms with Crippen molar-refractivity contribution in [3.05, 3.63) is 29.3 Å². The topological polar surface area (TPSA) is 82.1 Å². The smallest absolute Gasteiger partial charge is 0.319 e. The fraction of sp³-hybridized carbons (Fsp3) is 0.529. The summed E-state index contributed by atoms with van der Waals surface area (Å²) in [5.74, 6) is -0.00759. The number of para-hydroxylation sites is 1.